The Morgan fingerprint density at radius 2 is 2.35 bits per heavy atom. The largest absolute Gasteiger partial charge is 0.358 e. The average Bonchev–Trinajstić information content (AvgIpc) is 2.96. The molecule has 3 rings (SSSR count). The number of pyridine rings is 1. The zero-order valence-electron chi connectivity index (χ0n) is 12.0. The van der Waals surface area contributed by atoms with Gasteiger partial charge in [0.05, 0.1) is 0 Å². The van der Waals surface area contributed by atoms with E-state index in [0.29, 0.717) is 6.04 Å². The first-order valence-corrected chi connectivity index (χ1v) is 7.39. The van der Waals surface area contributed by atoms with Crippen molar-refractivity contribution in [2.24, 2.45) is 0 Å². The van der Waals surface area contributed by atoms with Gasteiger partial charge in [-0.25, -0.2) is 0 Å². The Bertz CT molecular complexity index is 464. The number of nitrogens with one attached hydrogen (secondary N) is 1. The van der Waals surface area contributed by atoms with Crippen molar-refractivity contribution in [3.05, 3.63) is 30.1 Å². The molecule has 1 aromatic rings. The summed E-state index contributed by atoms with van der Waals surface area (Å²) in [4.78, 5) is 21.3. The Hall–Kier alpha value is -1.46. The molecule has 1 aromatic heterocycles. The lowest BCUT2D eigenvalue weighted by molar-refractivity contribution is -0.127. The molecule has 108 valence electrons. The fourth-order valence-electron chi connectivity index (χ4n) is 3.45. The number of fused-ring (bicyclic) bond motifs is 1. The van der Waals surface area contributed by atoms with Crippen LogP contribution in [-0.2, 0) is 4.79 Å². The minimum atomic E-state index is -0.212. The lowest BCUT2D eigenvalue weighted by Crippen LogP contribution is -2.53. The normalized spacial score (nSPS) is 25.1. The average molecular weight is 274 g/mol. The Labute approximate surface area is 120 Å². The molecule has 0 aliphatic carbocycles. The van der Waals surface area contributed by atoms with Gasteiger partial charge in [-0.15, -0.1) is 0 Å². The van der Waals surface area contributed by atoms with Crippen molar-refractivity contribution in [2.45, 2.75) is 24.9 Å². The number of likely N-dealkylation sites (N-methyl/N-ethyl adjacent to an activating group) is 1. The number of carbonyl (C=O) groups is 1. The number of nitrogens with zero attached hydrogens (tertiary/aromatic N) is 3. The standard InChI is InChI=1S/C15H22N4O/c1-16-15(20)14(12-4-2-6-17-10-12)19-9-8-18-7-3-5-13(18)11-19/h2,4,6,10,13-14H,3,5,7-9,11H2,1H3,(H,16,20)/t13-,14?/m1/s1. The van der Waals surface area contributed by atoms with Crippen molar-refractivity contribution in [2.75, 3.05) is 33.2 Å². The van der Waals surface area contributed by atoms with Crippen LogP contribution < -0.4 is 5.32 Å². The van der Waals surface area contributed by atoms with Crippen molar-refractivity contribution in [3.8, 4) is 0 Å². The van der Waals surface area contributed by atoms with Crippen LogP contribution >= 0.6 is 0 Å². The van der Waals surface area contributed by atoms with E-state index in [1.165, 1.54) is 19.4 Å². The van der Waals surface area contributed by atoms with Gasteiger partial charge in [0.2, 0.25) is 5.91 Å². The van der Waals surface area contributed by atoms with E-state index in [9.17, 15) is 4.79 Å². The number of piperazine rings is 1. The van der Waals surface area contributed by atoms with Crippen LogP contribution in [0, 0.1) is 0 Å². The van der Waals surface area contributed by atoms with Crippen molar-refractivity contribution < 1.29 is 4.79 Å². The molecule has 5 heteroatoms. The molecule has 0 aromatic carbocycles. The number of aromatic nitrogens is 1. The maximum Gasteiger partial charge on any atom is 0.241 e. The van der Waals surface area contributed by atoms with Gasteiger partial charge in [0, 0.05) is 45.1 Å². The number of carbonyl (C=O) groups excluding carboxylic acids is 1. The highest BCUT2D eigenvalue weighted by atomic mass is 16.2. The molecule has 1 N–H and O–H groups in total. The first-order chi connectivity index (χ1) is 9.79. The SMILES string of the molecule is CNC(=O)C(c1cccnc1)N1CCN2CCC[C@@H]2C1. The van der Waals surface area contributed by atoms with Gasteiger partial charge in [-0.2, -0.15) is 0 Å². The van der Waals surface area contributed by atoms with Gasteiger partial charge in [0.25, 0.3) is 0 Å². The molecule has 0 radical (unpaired) electrons. The molecule has 5 nitrogen and oxygen atoms in total. The van der Waals surface area contributed by atoms with E-state index < -0.39 is 0 Å². The van der Waals surface area contributed by atoms with Gasteiger partial charge >= 0.3 is 0 Å². The summed E-state index contributed by atoms with van der Waals surface area (Å²) in [6.45, 7) is 4.21. The fraction of sp³-hybridized carbons (Fsp3) is 0.600. The molecular formula is C15H22N4O. The van der Waals surface area contributed by atoms with Gasteiger partial charge in [-0.3, -0.25) is 19.6 Å². The van der Waals surface area contributed by atoms with Gasteiger partial charge in [0.1, 0.15) is 6.04 Å². The molecule has 1 unspecified atom stereocenters. The van der Waals surface area contributed by atoms with Crippen molar-refractivity contribution in [1.82, 2.24) is 20.1 Å². The van der Waals surface area contributed by atoms with Gasteiger partial charge in [-0.1, -0.05) is 6.07 Å². The molecule has 2 saturated heterocycles. The molecule has 2 aliphatic heterocycles. The first kappa shape index (κ1) is 13.5. The summed E-state index contributed by atoms with van der Waals surface area (Å²) in [5.74, 6) is 0.0597. The minimum absolute atomic E-state index is 0.0597. The Kier molecular flexibility index (Phi) is 3.98. The lowest BCUT2D eigenvalue weighted by Gasteiger charge is -2.40. The molecule has 2 fully saturated rings. The monoisotopic (exact) mass is 274 g/mol. The maximum absolute atomic E-state index is 12.3. The quantitative estimate of drug-likeness (QED) is 0.879. The van der Waals surface area contributed by atoms with E-state index in [4.69, 9.17) is 0 Å². The van der Waals surface area contributed by atoms with E-state index >= 15 is 0 Å². The highest BCUT2D eigenvalue weighted by Crippen LogP contribution is 2.28. The van der Waals surface area contributed by atoms with Gasteiger partial charge in [-0.05, 0) is 31.0 Å². The second-order valence-corrected chi connectivity index (χ2v) is 5.63. The van der Waals surface area contributed by atoms with Crippen LogP contribution in [0.5, 0.6) is 0 Å². The second kappa shape index (κ2) is 5.89. The zero-order chi connectivity index (χ0) is 13.9. The molecule has 3 heterocycles. The lowest BCUT2D eigenvalue weighted by atomic mass is 10.0. The van der Waals surface area contributed by atoms with Crippen LogP contribution in [0.1, 0.15) is 24.4 Å². The Balaban J connectivity index is 1.81. The molecule has 20 heavy (non-hydrogen) atoms. The van der Waals surface area contributed by atoms with Crippen LogP contribution in [-0.4, -0.2) is 60.0 Å². The third-order valence-electron chi connectivity index (χ3n) is 4.48. The van der Waals surface area contributed by atoms with Crippen LogP contribution in [0.15, 0.2) is 24.5 Å². The molecule has 0 bridgehead atoms. The van der Waals surface area contributed by atoms with E-state index in [2.05, 4.69) is 20.1 Å². The van der Waals surface area contributed by atoms with Gasteiger partial charge < -0.3 is 5.32 Å². The van der Waals surface area contributed by atoms with Crippen LogP contribution in [0.25, 0.3) is 0 Å². The smallest absolute Gasteiger partial charge is 0.241 e. The molecule has 2 atom stereocenters. The zero-order valence-corrected chi connectivity index (χ0v) is 12.0. The summed E-state index contributed by atoms with van der Waals surface area (Å²) >= 11 is 0. The number of hydrogen-bond donors (Lipinski definition) is 1. The molecule has 1 amide bonds. The Morgan fingerprint density at radius 1 is 1.45 bits per heavy atom. The summed E-state index contributed by atoms with van der Waals surface area (Å²) in [6.07, 6.45) is 6.10. The Morgan fingerprint density at radius 3 is 3.10 bits per heavy atom. The van der Waals surface area contributed by atoms with Crippen LogP contribution in [0.3, 0.4) is 0 Å². The molecule has 0 spiro atoms. The number of amides is 1. The van der Waals surface area contributed by atoms with Crippen LogP contribution in [0.4, 0.5) is 0 Å². The topological polar surface area (TPSA) is 48.5 Å². The molecule has 0 saturated carbocycles. The predicted octanol–water partition coefficient (Wildman–Crippen LogP) is 0.649. The predicted molar refractivity (Wildman–Crippen MR) is 77.2 cm³/mol. The summed E-state index contributed by atoms with van der Waals surface area (Å²) in [6, 6.07) is 4.30. The summed E-state index contributed by atoms with van der Waals surface area (Å²) in [7, 11) is 1.71. The highest BCUT2D eigenvalue weighted by Gasteiger charge is 2.36. The second-order valence-electron chi connectivity index (χ2n) is 5.63. The number of rotatable bonds is 3. The summed E-state index contributed by atoms with van der Waals surface area (Å²) in [5, 5.41) is 2.80. The van der Waals surface area contributed by atoms with Gasteiger partial charge in [0.15, 0.2) is 0 Å². The van der Waals surface area contributed by atoms with E-state index in [0.717, 1.165) is 25.2 Å². The van der Waals surface area contributed by atoms with Crippen molar-refractivity contribution >= 4 is 5.91 Å². The minimum Gasteiger partial charge on any atom is -0.358 e. The first-order valence-electron chi connectivity index (χ1n) is 7.39. The van der Waals surface area contributed by atoms with Crippen LogP contribution in [0.2, 0.25) is 0 Å². The summed E-state index contributed by atoms with van der Waals surface area (Å²) in [5.41, 5.74) is 0.985. The van der Waals surface area contributed by atoms with E-state index in [1.807, 2.05) is 12.1 Å². The van der Waals surface area contributed by atoms with E-state index in [-0.39, 0.29) is 11.9 Å². The summed E-state index contributed by atoms with van der Waals surface area (Å²) < 4.78 is 0. The third-order valence-corrected chi connectivity index (χ3v) is 4.48. The fourth-order valence-corrected chi connectivity index (χ4v) is 3.45. The number of hydrogen-bond acceptors (Lipinski definition) is 4. The van der Waals surface area contributed by atoms with Crippen molar-refractivity contribution in [1.29, 1.82) is 0 Å². The third kappa shape index (κ3) is 2.55. The van der Waals surface area contributed by atoms with Crippen molar-refractivity contribution in [3.63, 3.8) is 0 Å². The molecular weight excluding hydrogens is 252 g/mol. The molecule has 2 aliphatic rings. The maximum atomic E-state index is 12.3. The van der Waals surface area contributed by atoms with E-state index in [1.54, 1.807) is 19.4 Å². The highest BCUT2D eigenvalue weighted by molar-refractivity contribution is 5.82.